The molecule has 6 heteroatoms. The zero-order valence-corrected chi connectivity index (χ0v) is 17.2. The molecule has 31 heavy (non-hydrogen) atoms. The molecule has 5 rings (SSSR count). The molecule has 0 atom stereocenters. The number of nitrogens with zero attached hydrogens (tertiary/aromatic N) is 2. The van der Waals surface area contributed by atoms with Gasteiger partial charge in [0.15, 0.2) is 12.4 Å². The molecule has 0 saturated carbocycles. The zero-order chi connectivity index (χ0) is 21.4. The number of rotatable bonds is 4. The fraction of sp³-hybridized carbons (Fsp3) is 0.120. The normalized spacial score (nSPS) is 12.4. The Morgan fingerprint density at radius 1 is 0.839 bits per heavy atom. The van der Waals surface area contributed by atoms with Crippen LogP contribution in [-0.2, 0) is 0 Å². The van der Waals surface area contributed by atoms with Gasteiger partial charge in [0.1, 0.15) is 17.2 Å². The van der Waals surface area contributed by atoms with E-state index in [0.717, 1.165) is 28.2 Å². The minimum Gasteiger partial charge on any atom is -0.497 e. The molecule has 1 aliphatic rings. The molecule has 6 nitrogen and oxygen atoms in total. The van der Waals surface area contributed by atoms with Gasteiger partial charge in [-0.05, 0) is 60.7 Å². The lowest BCUT2D eigenvalue weighted by molar-refractivity contribution is 0.0848. The second kappa shape index (κ2) is 7.65. The smallest absolute Gasteiger partial charge is 0.270 e. The fourth-order valence-electron chi connectivity index (χ4n) is 3.79. The molecule has 0 unspecified atom stereocenters. The van der Waals surface area contributed by atoms with Crippen LogP contribution in [0.5, 0.6) is 17.2 Å². The van der Waals surface area contributed by atoms with Crippen molar-refractivity contribution in [3.05, 3.63) is 72.8 Å². The van der Waals surface area contributed by atoms with Crippen LogP contribution in [0.2, 0.25) is 0 Å². The summed E-state index contributed by atoms with van der Waals surface area (Å²) in [6.45, 7) is -0.0639. The number of methoxy groups -OCH3 is 2. The Morgan fingerprint density at radius 2 is 1.45 bits per heavy atom. The number of ether oxygens (including phenoxy) is 3. The minimum atomic E-state index is -0.177. The molecule has 4 aromatic rings. The van der Waals surface area contributed by atoms with Crippen molar-refractivity contribution in [1.82, 2.24) is 9.55 Å². The fourth-order valence-corrected chi connectivity index (χ4v) is 3.79. The Kier molecular flexibility index (Phi) is 4.67. The van der Waals surface area contributed by atoms with Gasteiger partial charge < -0.3 is 14.2 Å². The third-order valence-electron chi connectivity index (χ3n) is 5.33. The molecule has 2 heterocycles. The van der Waals surface area contributed by atoms with Crippen molar-refractivity contribution < 1.29 is 19.0 Å². The van der Waals surface area contributed by atoms with Crippen LogP contribution < -0.4 is 14.2 Å². The summed E-state index contributed by atoms with van der Waals surface area (Å²) in [5.41, 5.74) is 3.96. The summed E-state index contributed by atoms with van der Waals surface area (Å²) >= 11 is 0. The summed E-state index contributed by atoms with van der Waals surface area (Å²) < 4.78 is 18.0. The van der Waals surface area contributed by atoms with Gasteiger partial charge in [-0.2, -0.15) is 0 Å². The van der Waals surface area contributed by atoms with Gasteiger partial charge >= 0.3 is 0 Å². The van der Waals surface area contributed by atoms with Crippen LogP contribution in [0.1, 0.15) is 4.79 Å². The first-order chi connectivity index (χ1) is 15.2. The number of fused-ring (bicyclic) bond motifs is 3. The van der Waals surface area contributed by atoms with Crippen molar-refractivity contribution in [2.24, 2.45) is 0 Å². The molecule has 0 saturated heterocycles. The summed E-state index contributed by atoms with van der Waals surface area (Å²) in [5, 5.41) is 0. The summed E-state index contributed by atoms with van der Waals surface area (Å²) in [6.07, 6.45) is 0. The van der Waals surface area contributed by atoms with E-state index in [0.29, 0.717) is 23.0 Å². The van der Waals surface area contributed by atoms with Crippen LogP contribution in [0.15, 0.2) is 72.8 Å². The third-order valence-corrected chi connectivity index (χ3v) is 5.33. The van der Waals surface area contributed by atoms with Crippen LogP contribution in [0.3, 0.4) is 0 Å². The number of hydrogen-bond donors (Lipinski definition) is 0. The van der Waals surface area contributed by atoms with Crippen molar-refractivity contribution in [3.8, 4) is 51.2 Å². The standard InChI is InChI=1S/C25H20N2O4/c1-29-18-11-7-16(8-12-18)23-24(17-9-13-19(30-2)14-10-17)27-22(28)15-31-21-6-4-3-5-20(21)25(27)26-23/h3-14H,15H2,1-2H3. The topological polar surface area (TPSA) is 62.6 Å². The lowest BCUT2D eigenvalue weighted by atomic mass is 10.0. The van der Waals surface area contributed by atoms with Crippen LogP contribution in [0, 0.1) is 0 Å². The Balaban J connectivity index is 1.80. The third kappa shape index (κ3) is 3.22. The maximum absolute atomic E-state index is 13.2. The summed E-state index contributed by atoms with van der Waals surface area (Å²) in [6, 6.07) is 22.8. The van der Waals surface area contributed by atoms with Gasteiger partial charge in [-0.1, -0.05) is 12.1 Å². The van der Waals surface area contributed by atoms with Gasteiger partial charge in [0, 0.05) is 11.1 Å². The number of hydrogen-bond acceptors (Lipinski definition) is 5. The molecule has 3 aromatic carbocycles. The minimum absolute atomic E-state index is 0.0639. The van der Waals surface area contributed by atoms with E-state index in [2.05, 4.69) is 0 Å². The van der Waals surface area contributed by atoms with Crippen molar-refractivity contribution in [1.29, 1.82) is 0 Å². The molecule has 1 aromatic heterocycles. The largest absolute Gasteiger partial charge is 0.497 e. The lowest BCUT2D eigenvalue weighted by Crippen LogP contribution is -2.18. The number of benzene rings is 3. The maximum atomic E-state index is 13.2. The number of carbonyl (C=O) groups is 1. The summed E-state index contributed by atoms with van der Waals surface area (Å²) in [5.74, 6) is 2.52. The van der Waals surface area contributed by atoms with E-state index in [-0.39, 0.29) is 12.5 Å². The second-order valence-corrected chi connectivity index (χ2v) is 7.10. The van der Waals surface area contributed by atoms with E-state index >= 15 is 0 Å². The average molecular weight is 412 g/mol. The van der Waals surface area contributed by atoms with E-state index in [1.165, 1.54) is 0 Å². The van der Waals surface area contributed by atoms with Gasteiger partial charge in [-0.15, -0.1) is 0 Å². The van der Waals surface area contributed by atoms with Gasteiger partial charge in [-0.3, -0.25) is 9.36 Å². The highest BCUT2D eigenvalue weighted by molar-refractivity contribution is 5.96. The highest BCUT2D eigenvalue weighted by Gasteiger charge is 2.29. The number of imidazole rings is 1. The molecule has 0 N–H and O–H groups in total. The summed E-state index contributed by atoms with van der Waals surface area (Å²) in [4.78, 5) is 18.1. The van der Waals surface area contributed by atoms with Gasteiger partial charge in [-0.25, -0.2) is 4.98 Å². The molecule has 0 bridgehead atoms. The molecule has 0 amide bonds. The van der Waals surface area contributed by atoms with Crippen molar-refractivity contribution in [2.75, 3.05) is 20.8 Å². The highest BCUT2D eigenvalue weighted by Crippen LogP contribution is 2.40. The summed E-state index contributed by atoms with van der Waals surface area (Å²) in [7, 11) is 3.26. The molecule has 154 valence electrons. The molecular weight excluding hydrogens is 392 g/mol. The van der Waals surface area contributed by atoms with Crippen molar-refractivity contribution >= 4 is 5.91 Å². The lowest BCUT2D eigenvalue weighted by Gasteiger charge is -2.10. The molecule has 0 fully saturated rings. The second-order valence-electron chi connectivity index (χ2n) is 7.10. The first kappa shape index (κ1) is 18.9. The van der Waals surface area contributed by atoms with Crippen LogP contribution in [-0.4, -0.2) is 36.3 Å². The Bertz CT molecular complexity index is 1260. The predicted molar refractivity (Wildman–Crippen MR) is 118 cm³/mol. The van der Waals surface area contributed by atoms with E-state index in [1.54, 1.807) is 18.8 Å². The first-order valence-electron chi connectivity index (χ1n) is 9.86. The molecule has 1 aliphatic heterocycles. The Morgan fingerprint density at radius 3 is 2.10 bits per heavy atom. The van der Waals surface area contributed by atoms with E-state index < -0.39 is 0 Å². The monoisotopic (exact) mass is 412 g/mol. The van der Waals surface area contributed by atoms with Gasteiger partial charge in [0.05, 0.1) is 31.2 Å². The SMILES string of the molecule is COc1ccc(-c2nc3n(c2-c2ccc(OC)cc2)C(=O)COc2ccccc2-3)cc1. The molecule has 0 radical (unpaired) electrons. The molecule has 0 aliphatic carbocycles. The molecule has 0 spiro atoms. The van der Waals surface area contributed by atoms with E-state index in [9.17, 15) is 4.79 Å². The van der Waals surface area contributed by atoms with Crippen LogP contribution >= 0.6 is 0 Å². The zero-order valence-electron chi connectivity index (χ0n) is 17.2. The van der Waals surface area contributed by atoms with E-state index in [4.69, 9.17) is 19.2 Å². The highest BCUT2D eigenvalue weighted by atomic mass is 16.5. The number of aromatic nitrogens is 2. The Labute approximate surface area is 179 Å². The number of para-hydroxylation sites is 1. The Hall–Kier alpha value is -4.06. The predicted octanol–water partition coefficient (Wildman–Crippen LogP) is 4.93. The quantitative estimate of drug-likeness (QED) is 0.475. The van der Waals surface area contributed by atoms with Crippen LogP contribution in [0.25, 0.3) is 33.9 Å². The van der Waals surface area contributed by atoms with Crippen LogP contribution in [0.4, 0.5) is 0 Å². The first-order valence-corrected chi connectivity index (χ1v) is 9.86. The van der Waals surface area contributed by atoms with Gasteiger partial charge in [0.2, 0.25) is 0 Å². The average Bonchev–Trinajstić information content (AvgIpc) is 3.17. The van der Waals surface area contributed by atoms with Crippen molar-refractivity contribution in [3.63, 3.8) is 0 Å². The van der Waals surface area contributed by atoms with E-state index in [1.807, 2.05) is 72.8 Å². The maximum Gasteiger partial charge on any atom is 0.270 e. The van der Waals surface area contributed by atoms with Gasteiger partial charge in [0.25, 0.3) is 5.91 Å². The van der Waals surface area contributed by atoms with Crippen molar-refractivity contribution in [2.45, 2.75) is 0 Å². The molecular formula is C25H20N2O4. The number of carbonyl (C=O) groups excluding carboxylic acids is 1.